The molecule has 0 spiro atoms. The van der Waals surface area contributed by atoms with Gasteiger partial charge >= 0.3 is 0 Å². The van der Waals surface area contributed by atoms with Gasteiger partial charge in [0.15, 0.2) is 0 Å². The zero-order valence-electron chi connectivity index (χ0n) is 16.4. The first-order valence-corrected chi connectivity index (χ1v) is 11.4. The lowest BCUT2D eigenvalue weighted by atomic mass is 10.1. The number of nitrogens with one attached hydrogen (secondary N) is 2. The molecule has 3 rings (SSSR count). The number of benzene rings is 2. The van der Waals surface area contributed by atoms with Crippen molar-refractivity contribution in [2.75, 3.05) is 29.0 Å². The molecule has 1 saturated heterocycles. The molecule has 0 unspecified atom stereocenters. The van der Waals surface area contributed by atoms with Crippen molar-refractivity contribution in [2.45, 2.75) is 32.7 Å². The Hall–Kier alpha value is -2.54. The van der Waals surface area contributed by atoms with Crippen LogP contribution in [-0.4, -0.2) is 33.7 Å². The maximum atomic E-state index is 12.5. The minimum atomic E-state index is -3.40. The molecule has 1 fully saturated rings. The van der Waals surface area contributed by atoms with Crippen LogP contribution in [0.25, 0.3) is 0 Å². The van der Waals surface area contributed by atoms with E-state index in [1.54, 1.807) is 25.1 Å². The molecule has 0 bridgehead atoms. The SMILES string of the molecule is Cc1ccc(C(=O)NCc2ccc(N3CCCCC3)cc2)cc1NS(C)(=O)=O. The summed E-state index contributed by atoms with van der Waals surface area (Å²) < 4.78 is 25.4. The second kappa shape index (κ2) is 8.65. The average Bonchev–Trinajstić information content (AvgIpc) is 2.68. The van der Waals surface area contributed by atoms with Crippen LogP contribution in [0.5, 0.6) is 0 Å². The van der Waals surface area contributed by atoms with Gasteiger partial charge in [-0.2, -0.15) is 0 Å². The van der Waals surface area contributed by atoms with Gasteiger partial charge in [-0.3, -0.25) is 9.52 Å². The van der Waals surface area contributed by atoms with Crippen molar-refractivity contribution in [1.29, 1.82) is 0 Å². The standard InChI is InChI=1S/C21H27N3O3S/c1-16-6-9-18(14-20(16)23-28(2,26)27)21(25)22-15-17-7-10-19(11-8-17)24-12-4-3-5-13-24/h6-11,14,23H,3-5,12-13,15H2,1-2H3,(H,22,25). The molecule has 0 aromatic heterocycles. The van der Waals surface area contributed by atoms with Crippen LogP contribution in [0, 0.1) is 6.92 Å². The molecule has 1 heterocycles. The van der Waals surface area contributed by atoms with Crippen molar-refractivity contribution in [3.05, 3.63) is 59.2 Å². The number of nitrogens with zero attached hydrogens (tertiary/aromatic N) is 1. The first kappa shape index (κ1) is 20.2. The second-order valence-electron chi connectivity index (χ2n) is 7.30. The molecule has 0 aliphatic carbocycles. The van der Waals surface area contributed by atoms with E-state index in [4.69, 9.17) is 0 Å². The number of hydrogen-bond donors (Lipinski definition) is 2. The van der Waals surface area contributed by atoms with E-state index in [2.05, 4.69) is 27.1 Å². The summed E-state index contributed by atoms with van der Waals surface area (Å²) in [7, 11) is -3.40. The molecular weight excluding hydrogens is 374 g/mol. The molecule has 1 aliphatic rings. The number of anilines is 2. The summed E-state index contributed by atoms with van der Waals surface area (Å²) in [5, 5.41) is 2.89. The van der Waals surface area contributed by atoms with E-state index in [1.807, 2.05) is 12.1 Å². The molecule has 7 heteroatoms. The van der Waals surface area contributed by atoms with Crippen molar-refractivity contribution in [3.8, 4) is 0 Å². The molecular formula is C21H27N3O3S. The Morgan fingerprint density at radius 1 is 1.04 bits per heavy atom. The van der Waals surface area contributed by atoms with E-state index in [0.29, 0.717) is 17.8 Å². The smallest absolute Gasteiger partial charge is 0.251 e. The highest BCUT2D eigenvalue weighted by molar-refractivity contribution is 7.92. The van der Waals surface area contributed by atoms with E-state index < -0.39 is 10.0 Å². The van der Waals surface area contributed by atoms with Crippen molar-refractivity contribution < 1.29 is 13.2 Å². The Kier molecular flexibility index (Phi) is 6.24. The van der Waals surface area contributed by atoms with Crippen molar-refractivity contribution in [1.82, 2.24) is 5.32 Å². The molecule has 1 aliphatic heterocycles. The highest BCUT2D eigenvalue weighted by atomic mass is 32.2. The molecule has 28 heavy (non-hydrogen) atoms. The van der Waals surface area contributed by atoms with Gasteiger partial charge in [0.25, 0.3) is 5.91 Å². The quantitative estimate of drug-likeness (QED) is 0.779. The van der Waals surface area contributed by atoms with E-state index in [0.717, 1.165) is 30.5 Å². The Morgan fingerprint density at radius 2 is 1.71 bits per heavy atom. The number of piperidine rings is 1. The molecule has 150 valence electrons. The maximum Gasteiger partial charge on any atom is 0.251 e. The van der Waals surface area contributed by atoms with Crippen LogP contribution in [0.4, 0.5) is 11.4 Å². The van der Waals surface area contributed by atoms with Gasteiger partial charge in [0.2, 0.25) is 10.0 Å². The van der Waals surface area contributed by atoms with Crippen LogP contribution < -0.4 is 14.9 Å². The zero-order chi connectivity index (χ0) is 20.1. The highest BCUT2D eigenvalue weighted by Crippen LogP contribution is 2.21. The van der Waals surface area contributed by atoms with Crippen molar-refractivity contribution in [3.63, 3.8) is 0 Å². The third-order valence-electron chi connectivity index (χ3n) is 4.91. The lowest BCUT2D eigenvalue weighted by molar-refractivity contribution is 0.0951. The van der Waals surface area contributed by atoms with Gasteiger partial charge < -0.3 is 10.2 Å². The normalized spacial score (nSPS) is 14.6. The summed E-state index contributed by atoms with van der Waals surface area (Å²) in [6, 6.07) is 13.3. The molecule has 0 saturated carbocycles. The predicted octanol–water partition coefficient (Wildman–Crippen LogP) is 3.29. The molecule has 2 N–H and O–H groups in total. The largest absolute Gasteiger partial charge is 0.372 e. The number of sulfonamides is 1. The van der Waals surface area contributed by atoms with Crippen LogP contribution in [0.2, 0.25) is 0 Å². The Bertz CT molecular complexity index is 934. The molecule has 0 atom stereocenters. The molecule has 6 nitrogen and oxygen atoms in total. The maximum absolute atomic E-state index is 12.5. The fraction of sp³-hybridized carbons (Fsp3) is 0.381. The van der Waals surface area contributed by atoms with Gasteiger partial charge in [-0.1, -0.05) is 18.2 Å². The first-order chi connectivity index (χ1) is 13.3. The fourth-order valence-electron chi connectivity index (χ4n) is 3.33. The summed E-state index contributed by atoms with van der Waals surface area (Å²) in [6.45, 7) is 4.42. The molecule has 2 aromatic rings. The Morgan fingerprint density at radius 3 is 2.36 bits per heavy atom. The van der Waals surface area contributed by atoms with Crippen LogP contribution in [0.1, 0.15) is 40.7 Å². The molecule has 0 radical (unpaired) electrons. The summed E-state index contributed by atoms with van der Waals surface area (Å²) in [6.07, 6.45) is 4.88. The van der Waals surface area contributed by atoms with E-state index in [1.165, 1.54) is 24.9 Å². The lowest BCUT2D eigenvalue weighted by Gasteiger charge is -2.28. The fourth-order valence-corrected chi connectivity index (χ4v) is 3.95. The third kappa shape index (κ3) is 5.48. The summed E-state index contributed by atoms with van der Waals surface area (Å²) in [5.74, 6) is -0.239. The summed E-state index contributed by atoms with van der Waals surface area (Å²) in [5.41, 5.74) is 3.85. The Balaban J connectivity index is 1.61. The lowest BCUT2D eigenvalue weighted by Crippen LogP contribution is -2.29. The van der Waals surface area contributed by atoms with Crippen LogP contribution in [0.15, 0.2) is 42.5 Å². The Labute approximate surface area is 167 Å². The van der Waals surface area contributed by atoms with E-state index in [-0.39, 0.29) is 5.91 Å². The van der Waals surface area contributed by atoms with Gasteiger partial charge in [0.1, 0.15) is 0 Å². The topological polar surface area (TPSA) is 78.5 Å². The number of aryl methyl sites for hydroxylation is 1. The van der Waals surface area contributed by atoms with E-state index in [9.17, 15) is 13.2 Å². The van der Waals surface area contributed by atoms with Crippen LogP contribution in [0.3, 0.4) is 0 Å². The van der Waals surface area contributed by atoms with Gasteiger partial charge in [0, 0.05) is 30.9 Å². The number of carbonyl (C=O) groups excluding carboxylic acids is 1. The predicted molar refractivity (Wildman–Crippen MR) is 113 cm³/mol. The number of carbonyl (C=O) groups is 1. The van der Waals surface area contributed by atoms with Gasteiger partial charge in [-0.15, -0.1) is 0 Å². The van der Waals surface area contributed by atoms with Crippen molar-refractivity contribution >= 4 is 27.3 Å². The number of hydrogen-bond acceptors (Lipinski definition) is 4. The minimum Gasteiger partial charge on any atom is -0.372 e. The van der Waals surface area contributed by atoms with Crippen LogP contribution in [-0.2, 0) is 16.6 Å². The average molecular weight is 402 g/mol. The van der Waals surface area contributed by atoms with Gasteiger partial charge in [0.05, 0.1) is 11.9 Å². The van der Waals surface area contributed by atoms with Gasteiger partial charge in [-0.25, -0.2) is 8.42 Å². The van der Waals surface area contributed by atoms with Gasteiger partial charge in [-0.05, 0) is 61.6 Å². The second-order valence-corrected chi connectivity index (χ2v) is 9.05. The zero-order valence-corrected chi connectivity index (χ0v) is 17.2. The highest BCUT2D eigenvalue weighted by Gasteiger charge is 2.12. The summed E-state index contributed by atoms with van der Waals surface area (Å²) in [4.78, 5) is 14.9. The number of amides is 1. The molecule has 2 aromatic carbocycles. The van der Waals surface area contributed by atoms with Crippen molar-refractivity contribution in [2.24, 2.45) is 0 Å². The number of rotatable bonds is 6. The molecule has 1 amide bonds. The van der Waals surface area contributed by atoms with Crippen LogP contribution >= 0.6 is 0 Å². The minimum absolute atomic E-state index is 0.239. The third-order valence-corrected chi connectivity index (χ3v) is 5.50. The van der Waals surface area contributed by atoms with E-state index >= 15 is 0 Å². The monoisotopic (exact) mass is 401 g/mol. The summed E-state index contributed by atoms with van der Waals surface area (Å²) >= 11 is 0. The first-order valence-electron chi connectivity index (χ1n) is 9.52.